The number of phenols is 2. The molecular formula is C17H22O9. The highest BCUT2D eigenvalue weighted by molar-refractivity contribution is 5.87. The molecule has 0 heterocycles. The Morgan fingerprint density at radius 1 is 1.31 bits per heavy atom. The molecule has 6 N–H and O–H groups in total. The van der Waals surface area contributed by atoms with Gasteiger partial charge in [0.15, 0.2) is 23.9 Å². The molecule has 0 bridgehead atoms. The standard InChI is InChI=1S/C17H22O9/c1-25-12(20)6-7-17(24)15(23)14(22)16(17)26-13(21)5-3-9-2-4-10(18)11(19)8-9/h2-5,8,12,14-16,18-20,22-24H,6-7H2,1H3/b5-3+/t12?,14-,15-,16+,17+/m1/s1. The lowest BCUT2D eigenvalue weighted by Gasteiger charge is -2.52. The Hall–Kier alpha value is -2.17. The average molecular weight is 370 g/mol. The van der Waals surface area contributed by atoms with E-state index in [1.165, 1.54) is 31.4 Å². The van der Waals surface area contributed by atoms with Crippen molar-refractivity contribution < 1.29 is 44.9 Å². The Bertz CT molecular complexity index is 674. The van der Waals surface area contributed by atoms with E-state index in [9.17, 15) is 35.4 Å². The first-order valence-corrected chi connectivity index (χ1v) is 7.89. The van der Waals surface area contributed by atoms with Gasteiger partial charge in [-0.25, -0.2) is 4.79 Å². The van der Waals surface area contributed by atoms with Gasteiger partial charge in [-0.05, 0) is 30.2 Å². The van der Waals surface area contributed by atoms with Crippen LogP contribution in [0.2, 0.25) is 0 Å². The number of ether oxygens (including phenoxy) is 2. The second-order valence-corrected chi connectivity index (χ2v) is 6.09. The van der Waals surface area contributed by atoms with E-state index in [2.05, 4.69) is 4.74 Å². The van der Waals surface area contributed by atoms with E-state index in [0.717, 1.165) is 6.08 Å². The molecule has 0 spiro atoms. The second kappa shape index (κ2) is 8.02. The van der Waals surface area contributed by atoms with Crippen molar-refractivity contribution in [3.05, 3.63) is 29.8 Å². The molecule has 1 saturated carbocycles. The van der Waals surface area contributed by atoms with Gasteiger partial charge in [0.25, 0.3) is 0 Å². The smallest absolute Gasteiger partial charge is 0.331 e. The number of rotatable bonds is 7. The summed E-state index contributed by atoms with van der Waals surface area (Å²) >= 11 is 0. The zero-order valence-corrected chi connectivity index (χ0v) is 14.0. The highest BCUT2D eigenvalue weighted by Gasteiger charge is 2.63. The Morgan fingerprint density at radius 3 is 2.62 bits per heavy atom. The highest BCUT2D eigenvalue weighted by Crippen LogP contribution is 2.40. The van der Waals surface area contributed by atoms with Gasteiger partial charge in [0, 0.05) is 19.6 Å². The Labute approximate surface area is 149 Å². The van der Waals surface area contributed by atoms with Crippen molar-refractivity contribution in [1.82, 2.24) is 0 Å². The van der Waals surface area contributed by atoms with Gasteiger partial charge in [-0.1, -0.05) is 6.07 Å². The number of methoxy groups -OCH3 is 1. The summed E-state index contributed by atoms with van der Waals surface area (Å²) in [4.78, 5) is 11.9. The lowest BCUT2D eigenvalue weighted by Crippen LogP contribution is -2.74. The van der Waals surface area contributed by atoms with Gasteiger partial charge in [0.1, 0.15) is 17.8 Å². The highest BCUT2D eigenvalue weighted by atomic mass is 16.6. The number of benzene rings is 1. The molecule has 1 unspecified atom stereocenters. The van der Waals surface area contributed by atoms with Gasteiger partial charge in [-0.3, -0.25) is 0 Å². The summed E-state index contributed by atoms with van der Waals surface area (Å²) in [6.07, 6.45) is -3.41. The molecule has 9 heteroatoms. The fourth-order valence-corrected chi connectivity index (χ4v) is 2.71. The number of phenolic OH excluding ortho intramolecular Hbond substituents is 2. The largest absolute Gasteiger partial charge is 0.504 e. The minimum Gasteiger partial charge on any atom is -0.504 e. The lowest BCUT2D eigenvalue weighted by molar-refractivity contribution is -0.294. The predicted molar refractivity (Wildman–Crippen MR) is 87.9 cm³/mol. The van der Waals surface area contributed by atoms with E-state index < -0.39 is 36.2 Å². The van der Waals surface area contributed by atoms with Crippen LogP contribution in [0, 0.1) is 0 Å². The molecule has 2 rings (SSSR count). The number of hydrogen-bond donors (Lipinski definition) is 6. The number of carbonyl (C=O) groups is 1. The molecule has 1 aromatic carbocycles. The number of carbonyl (C=O) groups excluding carboxylic acids is 1. The van der Waals surface area contributed by atoms with Crippen molar-refractivity contribution in [2.45, 2.75) is 43.0 Å². The summed E-state index contributed by atoms with van der Waals surface area (Å²) < 4.78 is 9.65. The minimum absolute atomic E-state index is 0.0343. The molecule has 0 aliphatic heterocycles. The fourth-order valence-electron chi connectivity index (χ4n) is 2.71. The molecular weight excluding hydrogens is 348 g/mol. The number of hydrogen-bond acceptors (Lipinski definition) is 9. The molecule has 26 heavy (non-hydrogen) atoms. The zero-order chi connectivity index (χ0) is 19.5. The Morgan fingerprint density at radius 2 is 2.00 bits per heavy atom. The van der Waals surface area contributed by atoms with Crippen molar-refractivity contribution >= 4 is 12.0 Å². The summed E-state index contributed by atoms with van der Waals surface area (Å²) in [7, 11) is 1.27. The summed E-state index contributed by atoms with van der Waals surface area (Å²) in [6, 6.07) is 3.92. The normalized spacial score (nSPS) is 29.3. The molecule has 144 valence electrons. The van der Waals surface area contributed by atoms with Crippen LogP contribution in [0.3, 0.4) is 0 Å². The average Bonchev–Trinajstić information content (AvgIpc) is 2.63. The van der Waals surface area contributed by atoms with Crippen LogP contribution in [0.5, 0.6) is 11.5 Å². The van der Waals surface area contributed by atoms with Crippen LogP contribution < -0.4 is 0 Å². The molecule has 1 aliphatic carbocycles. The van der Waals surface area contributed by atoms with Gasteiger partial charge in [-0.15, -0.1) is 0 Å². The number of esters is 1. The molecule has 5 atom stereocenters. The summed E-state index contributed by atoms with van der Waals surface area (Å²) in [6.45, 7) is 0. The lowest BCUT2D eigenvalue weighted by atomic mass is 9.68. The fraction of sp³-hybridized carbons (Fsp3) is 0.471. The van der Waals surface area contributed by atoms with Gasteiger partial charge in [0.2, 0.25) is 0 Å². The predicted octanol–water partition coefficient (Wildman–Crippen LogP) is -0.766. The van der Waals surface area contributed by atoms with E-state index in [1.54, 1.807) is 0 Å². The van der Waals surface area contributed by atoms with Crippen LogP contribution in [0.1, 0.15) is 18.4 Å². The first kappa shape index (κ1) is 20.1. The molecule has 0 amide bonds. The summed E-state index contributed by atoms with van der Waals surface area (Å²) in [5.74, 6) is -1.55. The number of aromatic hydroxyl groups is 2. The minimum atomic E-state index is -1.90. The van der Waals surface area contributed by atoms with Crippen LogP contribution in [-0.2, 0) is 14.3 Å². The maximum Gasteiger partial charge on any atom is 0.331 e. The maximum absolute atomic E-state index is 11.9. The third kappa shape index (κ3) is 4.14. The van der Waals surface area contributed by atoms with Crippen LogP contribution in [-0.4, -0.2) is 73.9 Å². The van der Waals surface area contributed by atoms with E-state index in [-0.39, 0.29) is 24.3 Å². The van der Waals surface area contributed by atoms with E-state index in [4.69, 9.17) is 4.74 Å². The zero-order valence-electron chi connectivity index (χ0n) is 14.0. The first-order chi connectivity index (χ1) is 12.2. The van der Waals surface area contributed by atoms with Crippen LogP contribution in [0.25, 0.3) is 6.08 Å². The van der Waals surface area contributed by atoms with Crippen molar-refractivity contribution in [2.75, 3.05) is 7.11 Å². The quantitative estimate of drug-likeness (QED) is 0.157. The van der Waals surface area contributed by atoms with Crippen LogP contribution >= 0.6 is 0 Å². The van der Waals surface area contributed by atoms with Crippen molar-refractivity contribution in [2.24, 2.45) is 0 Å². The molecule has 0 radical (unpaired) electrons. The molecule has 0 aromatic heterocycles. The van der Waals surface area contributed by atoms with E-state index in [0.29, 0.717) is 5.56 Å². The van der Waals surface area contributed by atoms with E-state index >= 15 is 0 Å². The summed E-state index contributed by atoms with van der Waals surface area (Å²) in [5, 5.41) is 58.0. The SMILES string of the molecule is COC(O)CC[C@]1(O)[C@H](O)[C@@H](O)[C@@H]1OC(=O)/C=C/c1ccc(O)c(O)c1. The second-order valence-electron chi connectivity index (χ2n) is 6.09. The molecule has 1 fully saturated rings. The Balaban J connectivity index is 1.99. The van der Waals surface area contributed by atoms with Gasteiger partial charge in [0.05, 0.1) is 0 Å². The van der Waals surface area contributed by atoms with Crippen molar-refractivity contribution in [3.63, 3.8) is 0 Å². The monoisotopic (exact) mass is 370 g/mol. The number of aliphatic hydroxyl groups excluding tert-OH is 3. The maximum atomic E-state index is 11.9. The topological polar surface area (TPSA) is 157 Å². The Kier molecular flexibility index (Phi) is 6.21. The summed E-state index contributed by atoms with van der Waals surface area (Å²) in [5.41, 5.74) is -1.50. The molecule has 0 saturated heterocycles. The third-order valence-electron chi connectivity index (χ3n) is 4.36. The molecule has 1 aromatic rings. The molecule has 9 nitrogen and oxygen atoms in total. The third-order valence-corrected chi connectivity index (χ3v) is 4.36. The van der Waals surface area contributed by atoms with Gasteiger partial charge < -0.3 is 40.1 Å². The molecule has 1 aliphatic rings. The van der Waals surface area contributed by atoms with E-state index in [1.807, 2.05) is 0 Å². The first-order valence-electron chi connectivity index (χ1n) is 7.89. The van der Waals surface area contributed by atoms with Crippen LogP contribution in [0.4, 0.5) is 0 Å². The van der Waals surface area contributed by atoms with Crippen LogP contribution in [0.15, 0.2) is 24.3 Å². The van der Waals surface area contributed by atoms with Gasteiger partial charge in [-0.2, -0.15) is 0 Å². The van der Waals surface area contributed by atoms with Gasteiger partial charge >= 0.3 is 5.97 Å². The van der Waals surface area contributed by atoms with Crippen molar-refractivity contribution in [1.29, 1.82) is 0 Å². The number of aliphatic hydroxyl groups is 4. The van der Waals surface area contributed by atoms with Crippen molar-refractivity contribution in [3.8, 4) is 11.5 Å².